The van der Waals surface area contributed by atoms with E-state index >= 15 is 0 Å². The van der Waals surface area contributed by atoms with Gasteiger partial charge in [-0.1, -0.05) is 23.8 Å². The SMILES string of the molecule is Cc1cc(S(=O)(=O)N(C)CCC(N)=S)sc1Cl. The standard InChI is InChI=1S/C9H13ClN2O2S3/c1-6-5-8(16-9(6)10)17(13,14)12(2)4-3-7(11)15/h5H,3-4H2,1-2H3,(H2,11,15). The normalized spacial score (nSPS) is 12.0. The summed E-state index contributed by atoms with van der Waals surface area (Å²) in [5, 5.41) is 0. The lowest BCUT2D eigenvalue weighted by Crippen LogP contribution is -2.29. The molecule has 0 aromatic carbocycles. The number of hydrogen-bond acceptors (Lipinski definition) is 4. The van der Waals surface area contributed by atoms with Crippen molar-refractivity contribution < 1.29 is 8.42 Å². The summed E-state index contributed by atoms with van der Waals surface area (Å²) >= 11 is 11.6. The van der Waals surface area contributed by atoms with Crippen molar-refractivity contribution in [3.8, 4) is 0 Å². The highest BCUT2D eigenvalue weighted by molar-refractivity contribution is 7.91. The van der Waals surface area contributed by atoms with E-state index in [1.807, 2.05) is 0 Å². The van der Waals surface area contributed by atoms with Crippen molar-refractivity contribution in [3.05, 3.63) is 16.0 Å². The van der Waals surface area contributed by atoms with Crippen molar-refractivity contribution in [2.45, 2.75) is 17.6 Å². The quantitative estimate of drug-likeness (QED) is 0.845. The first-order valence-electron chi connectivity index (χ1n) is 4.75. The molecule has 17 heavy (non-hydrogen) atoms. The molecule has 0 radical (unpaired) electrons. The van der Waals surface area contributed by atoms with Gasteiger partial charge in [-0.25, -0.2) is 8.42 Å². The Balaban J connectivity index is 2.91. The Kier molecular flexibility index (Phi) is 4.91. The summed E-state index contributed by atoms with van der Waals surface area (Å²) < 4.78 is 26.2. The fourth-order valence-electron chi connectivity index (χ4n) is 1.10. The third kappa shape index (κ3) is 3.62. The predicted octanol–water partition coefficient (Wildman–Crippen LogP) is 2.01. The first-order chi connectivity index (χ1) is 7.75. The minimum absolute atomic E-state index is 0.241. The summed E-state index contributed by atoms with van der Waals surface area (Å²) in [5.41, 5.74) is 6.10. The first kappa shape index (κ1) is 14.8. The van der Waals surface area contributed by atoms with Gasteiger partial charge in [0.25, 0.3) is 10.0 Å². The lowest BCUT2D eigenvalue weighted by Gasteiger charge is -2.15. The van der Waals surface area contributed by atoms with Crippen molar-refractivity contribution in [2.75, 3.05) is 13.6 Å². The fourth-order valence-corrected chi connectivity index (χ4v) is 4.28. The Labute approximate surface area is 115 Å². The Morgan fingerprint density at radius 2 is 2.24 bits per heavy atom. The molecule has 2 N–H and O–H groups in total. The van der Waals surface area contributed by atoms with E-state index in [-0.39, 0.29) is 10.8 Å². The van der Waals surface area contributed by atoms with Crippen LogP contribution in [-0.4, -0.2) is 31.3 Å². The fraction of sp³-hybridized carbons (Fsp3) is 0.444. The van der Waals surface area contributed by atoms with Gasteiger partial charge in [-0.15, -0.1) is 11.3 Å². The largest absolute Gasteiger partial charge is 0.393 e. The minimum Gasteiger partial charge on any atom is -0.393 e. The smallest absolute Gasteiger partial charge is 0.252 e. The maximum Gasteiger partial charge on any atom is 0.252 e. The molecule has 0 saturated heterocycles. The van der Waals surface area contributed by atoms with Crippen molar-refractivity contribution in [1.29, 1.82) is 0 Å². The van der Waals surface area contributed by atoms with Crippen LogP contribution in [0, 0.1) is 6.92 Å². The van der Waals surface area contributed by atoms with Gasteiger partial charge in [0.15, 0.2) is 0 Å². The summed E-state index contributed by atoms with van der Waals surface area (Å²) in [4.78, 5) is 0.299. The molecule has 0 aliphatic carbocycles. The molecule has 0 saturated carbocycles. The van der Waals surface area contributed by atoms with E-state index in [2.05, 4.69) is 0 Å². The Morgan fingerprint density at radius 1 is 1.65 bits per heavy atom. The number of sulfonamides is 1. The van der Waals surface area contributed by atoms with E-state index in [9.17, 15) is 8.42 Å². The van der Waals surface area contributed by atoms with E-state index in [0.717, 1.165) is 16.9 Å². The lowest BCUT2D eigenvalue weighted by atomic mass is 10.4. The van der Waals surface area contributed by atoms with Crippen LogP contribution in [0.1, 0.15) is 12.0 Å². The summed E-state index contributed by atoms with van der Waals surface area (Å²) in [6, 6.07) is 1.57. The number of nitrogens with two attached hydrogens (primary N) is 1. The summed E-state index contributed by atoms with van der Waals surface area (Å²) in [6.45, 7) is 2.04. The van der Waals surface area contributed by atoms with Crippen LogP contribution in [-0.2, 0) is 10.0 Å². The van der Waals surface area contributed by atoms with Crippen LogP contribution >= 0.6 is 35.2 Å². The maximum atomic E-state index is 12.1. The van der Waals surface area contributed by atoms with Crippen molar-refractivity contribution in [1.82, 2.24) is 4.31 Å². The second-order valence-corrected chi connectivity index (χ2v) is 8.02. The molecule has 8 heteroatoms. The van der Waals surface area contributed by atoms with Gasteiger partial charge >= 0.3 is 0 Å². The van der Waals surface area contributed by atoms with Gasteiger partial charge < -0.3 is 5.73 Å². The molecule has 1 aromatic rings. The van der Waals surface area contributed by atoms with Gasteiger partial charge in [-0.2, -0.15) is 4.31 Å². The third-order valence-corrected chi connectivity index (χ3v) is 6.24. The van der Waals surface area contributed by atoms with Crippen LogP contribution in [0.2, 0.25) is 4.34 Å². The van der Waals surface area contributed by atoms with E-state index < -0.39 is 10.0 Å². The number of halogens is 1. The molecule has 0 aliphatic rings. The molecule has 0 aliphatic heterocycles. The highest BCUT2D eigenvalue weighted by Crippen LogP contribution is 2.31. The molecule has 1 aromatic heterocycles. The molecular weight excluding hydrogens is 300 g/mol. The van der Waals surface area contributed by atoms with Gasteiger partial charge in [0.2, 0.25) is 0 Å². The molecular formula is C9H13ClN2O2S3. The van der Waals surface area contributed by atoms with Crippen LogP contribution in [0.5, 0.6) is 0 Å². The maximum absolute atomic E-state index is 12.1. The minimum atomic E-state index is -3.48. The predicted molar refractivity (Wildman–Crippen MR) is 75.3 cm³/mol. The van der Waals surface area contributed by atoms with Crippen LogP contribution < -0.4 is 5.73 Å². The van der Waals surface area contributed by atoms with Gasteiger partial charge in [0.05, 0.1) is 9.32 Å². The van der Waals surface area contributed by atoms with E-state index in [4.69, 9.17) is 29.6 Å². The zero-order chi connectivity index (χ0) is 13.2. The number of hydrogen-bond donors (Lipinski definition) is 1. The molecule has 0 bridgehead atoms. The van der Waals surface area contributed by atoms with Gasteiger partial charge in [-0.05, 0) is 18.6 Å². The third-order valence-electron chi connectivity index (χ3n) is 2.17. The second kappa shape index (κ2) is 5.62. The highest BCUT2D eigenvalue weighted by Gasteiger charge is 2.23. The summed E-state index contributed by atoms with van der Waals surface area (Å²) in [7, 11) is -1.99. The topological polar surface area (TPSA) is 63.4 Å². The van der Waals surface area contributed by atoms with Gasteiger partial charge in [0.1, 0.15) is 4.21 Å². The number of aryl methyl sites for hydroxylation is 1. The number of rotatable bonds is 5. The number of thiocarbonyl (C=S) groups is 1. The zero-order valence-corrected chi connectivity index (χ0v) is 12.6. The van der Waals surface area contributed by atoms with E-state index in [1.54, 1.807) is 13.0 Å². The molecule has 0 unspecified atom stereocenters. The van der Waals surface area contributed by atoms with Crippen LogP contribution in [0.25, 0.3) is 0 Å². The van der Waals surface area contributed by atoms with Crippen LogP contribution in [0.4, 0.5) is 0 Å². The molecule has 96 valence electrons. The molecule has 1 rings (SSSR count). The van der Waals surface area contributed by atoms with Crippen molar-refractivity contribution >= 4 is 50.2 Å². The molecule has 1 heterocycles. The van der Waals surface area contributed by atoms with Crippen molar-refractivity contribution in [3.63, 3.8) is 0 Å². The first-order valence-corrected chi connectivity index (χ1v) is 7.80. The van der Waals surface area contributed by atoms with Crippen LogP contribution in [0.3, 0.4) is 0 Å². The summed E-state index contributed by atoms with van der Waals surface area (Å²) in [5.74, 6) is 0. The lowest BCUT2D eigenvalue weighted by molar-refractivity contribution is 0.480. The Bertz CT molecular complexity index is 505. The number of thiophene rings is 1. The molecule has 4 nitrogen and oxygen atoms in total. The Hall–Kier alpha value is -0.210. The van der Waals surface area contributed by atoms with Gasteiger partial charge in [0, 0.05) is 20.0 Å². The van der Waals surface area contributed by atoms with Crippen LogP contribution in [0.15, 0.2) is 10.3 Å². The molecule has 0 atom stereocenters. The number of nitrogens with zero attached hydrogens (tertiary/aromatic N) is 1. The molecule has 0 spiro atoms. The molecule has 0 fully saturated rings. The van der Waals surface area contributed by atoms with E-state index in [0.29, 0.717) is 15.7 Å². The summed E-state index contributed by atoms with van der Waals surface area (Å²) in [6.07, 6.45) is 0.364. The average molecular weight is 313 g/mol. The highest BCUT2D eigenvalue weighted by atomic mass is 35.5. The molecule has 0 amide bonds. The second-order valence-electron chi connectivity index (χ2n) is 3.57. The Morgan fingerprint density at radius 3 is 2.65 bits per heavy atom. The van der Waals surface area contributed by atoms with Gasteiger partial charge in [-0.3, -0.25) is 0 Å². The van der Waals surface area contributed by atoms with E-state index in [1.165, 1.54) is 11.4 Å². The average Bonchev–Trinajstić information content (AvgIpc) is 2.56. The van der Waals surface area contributed by atoms with Crippen molar-refractivity contribution in [2.24, 2.45) is 5.73 Å². The monoisotopic (exact) mass is 312 g/mol. The zero-order valence-electron chi connectivity index (χ0n) is 9.44.